The molecule has 0 fully saturated rings. The summed E-state index contributed by atoms with van der Waals surface area (Å²) in [5.41, 5.74) is 5.52. The highest BCUT2D eigenvalue weighted by Crippen LogP contribution is 2.27. The number of benzene rings is 2. The number of fused-ring (bicyclic) bond motifs is 1. The molecule has 1 aliphatic rings. The zero-order valence-electron chi connectivity index (χ0n) is 20.2. The quantitative estimate of drug-likeness (QED) is 0.309. The number of hydrogen-bond acceptors (Lipinski definition) is 6. The molecule has 1 aliphatic heterocycles. The minimum absolute atomic E-state index is 0.000427. The van der Waals surface area contributed by atoms with E-state index in [1.54, 1.807) is 0 Å². The van der Waals surface area contributed by atoms with Crippen LogP contribution >= 0.6 is 0 Å². The average Bonchev–Trinajstić information content (AvgIpc) is 3.36. The maximum atomic E-state index is 11.6. The molecule has 36 heavy (non-hydrogen) atoms. The predicted octanol–water partition coefficient (Wildman–Crippen LogP) is 5.47. The number of anilines is 1. The molecule has 0 saturated heterocycles. The van der Waals surface area contributed by atoms with E-state index in [-0.39, 0.29) is 12.3 Å². The van der Waals surface area contributed by atoms with Gasteiger partial charge in [0.05, 0.1) is 6.42 Å². The van der Waals surface area contributed by atoms with Crippen molar-refractivity contribution in [1.82, 2.24) is 15.1 Å². The van der Waals surface area contributed by atoms with Crippen molar-refractivity contribution < 1.29 is 14.4 Å². The number of nitrogens with one attached hydrogen (secondary N) is 1. The number of rotatable bonds is 10. The van der Waals surface area contributed by atoms with Crippen LogP contribution in [0.2, 0.25) is 0 Å². The number of carboxylic acids is 1. The summed E-state index contributed by atoms with van der Waals surface area (Å²) in [4.78, 5) is 20.8. The zero-order chi connectivity index (χ0) is 24.7. The molecule has 1 atom stereocenters. The summed E-state index contributed by atoms with van der Waals surface area (Å²) >= 11 is 0. The molecular weight excluding hydrogens is 452 g/mol. The second-order valence-electron chi connectivity index (χ2n) is 9.29. The van der Waals surface area contributed by atoms with Crippen molar-refractivity contribution in [2.24, 2.45) is 0 Å². The molecule has 3 heterocycles. The summed E-state index contributed by atoms with van der Waals surface area (Å²) in [7, 11) is 0. The van der Waals surface area contributed by atoms with E-state index in [0.29, 0.717) is 24.6 Å². The highest BCUT2D eigenvalue weighted by molar-refractivity contribution is 5.68. The number of nitrogens with zero attached hydrogens (tertiary/aromatic N) is 3. The molecule has 0 spiro atoms. The largest absolute Gasteiger partial charge is 0.481 e. The molecule has 1 unspecified atom stereocenters. The molecule has 7 nitrogen and oxygen atoms in total. The van der Waals surface area contributed by atoms with Gasteiger partial charge in [-0.15, -0.1) is 0 Å². The summed E-state index contributed by atoms with van der Waals surface area (Å²) in [6.07, 6.45) is 5.02. The van der Waals surface area contributed by atoms with Crippen LogP contribution in [0.5, 0.6) is 0 Å². The number of aliphatic carboxylic acids is 1. The lowest BCUT2D eigenvalue weighted by molar-refractivity contribution is -0.137. The van der Waals surface area contributed by atoms with Gasteiger partial charge in [0.25, 0.3) is 0 Å². The molecule has 2 aromatic heterocycles. The van der Waals surface area contributed by atoms with Crippen molar-refractivity contribution in [2.45, 2.75) is 50.9 Å². The Morgan fingerprint density at radius 1 is 0.972 bits per heavy atom. The lowest BCUT2D eigenvalue weighted by atomic mass is 9.91. The molecule has 184 valence electrons. The number of carbonyl (C=O) groups is 1. The van der Waals surface area contributed by atoms with Gasteiger partial charge in [-0.1, -0.05) is 65.8 Å². The van der Waals surface area contributed by atoms with Crippen LogP contribution < -0.4 is 5.32 Å². The van der Waals surface area contributed by atoms with Crippen LogP contribution in [0.4, 0.5) is 5.82 Å². The van der Waals surface area contributed by atoms with Crippen LogP contribution in [0.15, 0.2) is 71.3 Å². The summed E-state index contributed by atoms with van der Waals surface area (Å²) in [6, 6.07) is 22.4. The predicted molar refractivity (Wildman–Crippen MR) is 138 cm³/mol. The van der Waals surface area contributed by atoms with E-state index in [4.69, 9.17) is 9.51 Å². The lowest BCUT2D eigenvalue weighted by Gasteiger charge is -2.17. The first-order chi connectivity index (χ1) is 17.6. The molecule has 0 amide bonds. The van der Waals surface area contributed by atoms with Crippen molar-refractivity contribution in [2.75, 3.05) is 11.9 Å². The van der Waals surface area contributed by atoms with E-state index in [1.165, 1.54) is 5.56 Å². The highest BCUT2D eigenvalue weighted by Gasteiger charge is 2.20. The third-order valence-electron chi connectivity index (χ3n) is 6.63. The van der Waals surface area contributed by atoms with Crippen LogP contribution in [0.25, 0.3) is 11.1 Å². The summed E-state index contributed by atoms with van der Waals surface area (Å²) in [5, 5.41) is 17.0. The fourth-order valence-electron chi connectivity index (χ4n) is 4.72. The SMILES string of the molecule is O=C(O)CC(Cc1nc(CCCc2ccc3c(n2)NCCC3)no1)c1ccc(-c2ccccc2)cc1. The normalized spacial score (nSPS) is 13.6. The molecule has 0 aliphatic carbocycles. The van der Waals surface area contributed by atoms with Gasteiger partial charge in [0.1, 0.15) is 5.82 Å². The van der Waals surface area contributed by atoms with Gasteiger partial charge >= 0.3 is 5.97 Å². The smallest absolute Gasteiger partial charge is 0.303 e. The third kappa shape index (κ3) is 5.97. The number of pyridine rings is 1. The Morgan fingerprint density at radius 3 is 2.58 bits per heavy atom. The Morgan fingerprint density at radius 2 is 1.78 bits per heavy atom. The van der Waals surface area contributed by atoms with E-state index in [2.05, 4.69) is 39.7 Å². The number of aryl methyl sites for hydroxylation is 3. The van der Waals surface area contributed by atoms with Crippen LogP contribution in [-0.4, -0.2) is 32.7 Å². The van der Waals surface area contributed by atoms with Crippen molar-refractivity contribution in [1.29, 1.82) is 0 Å². The van der Waals surface area contributed by atoms with Gasteiger partial charge < -0.3 is 14.9 Å². The molecule has 2 N–H and O–H groups in total. The van der Waals surface area contributed by atoms with E-state index in [9.17, 15) is 9.90 Å². The first-order valence-corrected chi connectivity index (χ1v) is 12.6. The van der Waals surface area contributed by atoms with Crippen LogP contribution in [0.3, 0.4) is 0 Å². The summed E-state index contributed by atoms with van der Waals surface area (Å²) in [5.74, 6) is 1.04. The van der Waals surface area contributed by atoms with E-state index in [1.807, 2.05) is 42.5 Å². The molecular formula is C29H30N4O3. The van der Waals surface area contributed by atoms with Crippen molar-refractivity contribution in [3.63, 3.8) is 0 Å². The maximum absolute atomic E-state index is 11.6. The minimum Gasteiger partial charge on any atom is -0.481 e. The van der Waals surface area contributed by atoms with E-state index < -0.39 is 5.97 Å². The van der Waals surface area contributed by atoms with Gasteiger partial charge in [-0.2, -0.15) is 4.98 Å². The Hall–Kier alpha value is -4.00. The zero-order valence-corrected chi connectivity index (χ0v) is 20.2. The first-order valence-electron chi connectivity index (χ1n) is 12.6. The van der Waals surface area contributed by atoms with Gasteiger partial charge in [0.2, 0.25) is 5.89 Å². The number of aromatic nitrogens is 3. The van der Waals surface area contributed by atoms with Gasteiger partial charge in [-0.25, -0.2) is 4.98 Å². The second-order valence-corrected chi connectivity index (χ2v) is 9.29. The third-order valence-corrected chi connectivity index (χ3v) is 6.63. The van der Waals surface area contributed by atoms with Crippen LogP contribution in [0, 0.1) is 0 Å². The second kappa shape index (κ2) is 11.2. The Balaban J connectivity index is 1.20. The lowest BCUT2D eigenvalue weighted by Crippen LogP contribution is -2.14. The summed E-state index contributed by atoms with van der Waals surface area (Å²) < 4.78 is 5.49. The Bertz CT molecular complexity index is 1300. The number of hydrogen-bond donors (Lipinski definition) is 2. The molecule has 4 aromatic rings. The molecule has 7 heteroatoms. The molecule has 0 bridgehead atoms. The standard InChI is InChI=1S/C29H30N4O3/c34-28(35)19-24(22-13-11-21(12-14-22)20-6-2-1-3-7-20)18-27-32-26(33-36-27)10-4-9-25-16-15-23-8-5-17-30-29(23)31-25/h1-3,6-7,11-16,24H,4-5,8-10,17-19H2,(H,30,31)(H,34,35). The van der Waals surface area contributed by atoms with Gasteiger partial charge in [-0.3, -0.25) is 4.79 Å². The minimum atomic E-state index is -0.848. The van der Waals surface area contributed by atoms with Crippen LogP contribution in [-0.2, 0) is 30.5 Å². The fourth-order valence-corrected chi connectivity index (χ4v) is 4.72. The van der Waals surface area contributed by atoms with Gasteiger partial charge in [-0.05, 0) is 54.0 Å². The Labute approximate surface area is 210 Å². The van der Waals surface area contributed by atoms with Gasteiger partial charge in [0.15, 0.2) is 5.82 Å². The van der Waals surface area contributed by atoms with E-state index in [0.717, 1.165) is 60.4 Å². The molecule has 0 saturated carbocycles. The van der Waals surface area contributed by atoms with Crippen molar-refractivity contribution in [3.05, 3.63) is 95.3 Å². The maximum Gasteiger partial charge on any atom is 0.303 e. The monoisotopic (exact) mass is 482 g/mol. The van der Waals surface area contributed by atoms with Crippen LogP contribution in [0.1, 0.15) is 53.7 Å². The molecule has 2 aromatic carbocycles. The number of carboxylic acid groups (broad SMARTS) is 1. The van der Waals surface area contributed by atoms with Gasteiger partial charge in [0, 0.05) is 31.0 Å². The van der Waals surface area contributed by atoms with Crippen molar-refractivity contribution in [3.8, 4) is 11.1 Å². The Kier molecular flexibility index (Phi) is 7.36. The first kappa shape index (κ1) is 23.7. The van der Waals surface area contributed by atoms with Crippen molar-refractivity contribution >= 4 is 11.8 Å². The van der Waals surface area contributed by atoms with E-state index >= 15 is 0 Å². The molecule has 0 radical (unpaired) electrons. The average molecular weight is 483 g/mol. The fraction of sp³-hybridized carbons (Fsp3) is 0.310. The topological polar surface area (TPSA) is 101 Å². The highest BCUT2D eigenvalue weighted by atomic mass is 16.5. The summed E-state index contributed by atoms with van der Waals surface area (Å²) in [6.45, 7) is 0.981. The molecule has 5 rings (SSSR count).